The molecular weight excluding hydrogens is 674 g/mol. The van der Waals surface area contributed by atoms with Gasteiger partial charge in [0.05, 0.1) is 21.1 Å². The van der Waals surface area contributed by atoms with Gasteiger partial charge in [0.2, 0.25) is 0 Å². The number of benzene rings is 2. The predicted octanol–water partition coefficient (Wildman–Crippen LogP) is 7.63. The van der Waals surface area contributed by atoms with Crippen molar-refractivity contribution in [1.29, 1.82) is 0 Å². The van der Waals surface area contributed by atoms with E-state index in [4.69, 9.17) is 9.15 Å². The second kappa shape index (κ2) is 10.3. The zero-order chi connectivity index (χ0) is 28.8. The summed E-state index contributed by atoms with van der Waals surface area (Å²) >= 11 is 6.19. The monoisotopic (exact) mass is 683 g/mol. The first-order valence-electron chi connectivity index (χ1n) is 10.9. The van der Waals surface area contributed by atoms with Gasteiger partial charge in [-0.3, -0.25) is 14.9 Å². The number of hydrogen-bond donors (Lipinski definition) is 1. The van der Waals surface area contributed by atoms with Crippen LogP contribution in [0, 0.1) is 15.9 Å². The van der Waals surface area contributed by atoms with Gasteiger partial charge in [-0.05, 0) is 74.3 Å². The summed E-state index contributed by atoms with van der Waals surface area (Å²) in [6.45, 7) is 0. The Labute approximate surface area is 237 Å². The molecule has 0 bridgehead atoms. The number of carbonyl (C=O) groups excluding carboxylic acids is 1. The number of ether oxygens (including phenoxy) is 1. The number of alkyl halides is 3. The summed E-state index contributed by atoms with van der Waals surface area (Å²) in [4.78, 5) is 28.0. The smallest absolute Gasteiger partial charge is 0.433 e. The average Bonchev–Trinajstić information content (AvgIpc) is 3.47. The van der Waals surface area contributed by atoms with E-state index in [9.17, 15) is 32.5 Å². The molecule has 1 N–H and O–H groups in total. The SMILES string of the molecule is O=C(Nc1cc(Oc2ccc(F)cc2)cc([N+](=O)[O-])c1)c1nn2c(C(F)(F)F)cc(-c3ccc(Br)o3)nc2c1Br. The molecule has 0 saturated heterocycles. The second-order valence-electron chi connectivity index (χ2n) is 8.01. The Morgan fingerprint density at radius 2 is 1.77 bits per heavy atom. The van der Waals surface area contributed by atoms with Crippen molar-refractivity contribution in [2.75, 3.05) is 5.32 Å². The lowest BCUT2D eigenvalue weighted by Crippen LogP contribution is -2.16. The molecule has 10 nitrogen and oxygen atoms in total. The van der Waals surface area contributed by atoms with Gasteiger partial charge < -0.3 is 14.5 Å². The van der Waals surface area contributed by atoms with Crippen molar-refractivity contribution in [3.63, 3.8) is 0 Å². The van der Waals surface area contributed by atoms with E-state index in [2.05, 4.69) is 47.3 Å². The van der Waals surface area contributed by atoms with Gasteiger partial charge in [-0.1, -0.05) is 0 Å². The molecule has 0 aliphatic carbocycles. The summed E-state index contributed by atoms with van der Waals surface area (Å²) < 4.78 is 66.4. The number of aromatic nitrogens is 3. The van der Waals surface area contributed by atoms with Crippen LogP contribution in [-0.4, -0.2) is 25.4 Å². The van der Waals surface area contributed by atoms with E-state index < -0.39 is 39.9 Å². The van der Waals surface area contributed by atoms with Crippen molar-refractivity contribution in [2.45, 2.75) is 6.18 Å². The molecule has 0 unspecified atom stereocenters. The Morgan fingerprint density at radius 1 is 1.05 bits per heavy atom. The molecule has 40 heavy (non-hydrogen) atoms. The predicted molar refractivity (Wildman–Crippen MR) is 139 cm³/mol. The molecule has 3 heterocycles. The molecule has 2 aromatic carbocycles. The number of nitrogens with one attached hydrogen (secondary N) is 1. The van der Waals surface area contributed by atoms with Gasteiger partial charge >= 0.3 is 6.18 Å². The van der Waals surface area contributed by atoms with Crippen molar-refractivity contribution in [3.8, 4) is 23.0 Å². The van der Waals surface area contributed by atoms with E-state index in [1.54, 1.807) is 0 Å². The third kappa shape index (κ3) is 5.53. The molecule has 0 fully saturated rings. The van der Waals surface area contributed by atoms with Crippen LogP contribution in [0.4, 0.5) is 28.9 Å². The van der Waals surface area contributed by atoms with Gasteiger partial charge in [-0.25, -0.2) is 13.9 Å². The highest BCUT2D eigenvalue weighted by atomic mass is 79.9. The highest BCUT2D eigenvalue weighted by Gasteiger charge is 2.37. The van der Waals surface area contributed by atoms with Crippen LogP contribution in [0.3, 0.4) is 0 Å². The van der Waals surface area contributed by atoms with E-state index in [1.165, 1.54) is 30.3 Å². The van der Waals surface area contributed by atoms with E-state index in [0.717, 1.165) is 30.3 Å². The summed E-state index contributed by atoms with van der Waals surface area (Å²) in [5.41, 5.74) is -2.79. The molecule has 5 rings (SSSR count). The third-order valence-corrected chi connectivity index (χ3v) is 6.43. The first-order chi connectivity index (χ1) is 18.9. The molecule has 0 aliphatic heterocycles. The minimum absolute atomic E-state index is 0.0317. The number of anilines is 1. The fourth-order valence-corrected chi connectivity index (χ4v) is 4.39. The summed E-state index contributed by atoms with van der Waals surface area (Å²) in [5, 5.41) is 17.6. The van der Waals surface area contributed by atoms with Crippen molar-refractivity contribution in [2.24, 2.45) is 0 Å². The highest BCUT2D eigenvalue weighted by Crippen LogP contribution is 2.36. The first kappa shape index (κ1) is 27.3. The Morgan fingerprint density at radius 3 is 2.40 bits per heavy atom. The van der Waals surface area contributed by atoms with Crippen LogP contribution in [0.15, 0.2) is 74.2 Å². The largest absolute Gasteiger partial charge is 0.457 e. The molecular formula is C24H11Br2F4N5O5. The molecule has 3 aromatic heterocycles. The molecule has 0 atom stereocenters. The number of hydrogen-bond acceptors (Lipinski definition) is 7. The fraction of sp³-hybridized carbons (Fsp3) is 0.0417. The average molecular weight is 685 g/mol. The Balaban J connectivity index is 1.53. The Hall–Kier alpha value is -4.31. The molecule has 16 heteroatoms. The number of rotatable bonds is 6. The van der Waals surface area contributed by atoms with Crippen LogP contribution in [0.25, 0.3) is 17.1 Å². The normalized spacial score (nSPS) is 11.6. The number of halogens is 6. The van der Waals surface area contributed by atoms with E-state index in [1.807, 2.05) is 0 Å². The lowest BCUT2D eigenvalue weighted by molar-refractivity contribution is -0.384. The zero-order valence-corrected chi connectivity index (χ0v) is 22.5. The van der Waals surface area contributed by atoms with Crippen molar-refractivity contribution >= 4 is 54.8 Å². The number of nitrogens with zero attached hydrogens (tertiary/aromatic N) is 4. The van der Waals surface area contributed by atoms with E-state index in [-0.39, 0.29) is 43.4 Å². The van der Waals surface area contributed by atoms with Gasteiger partial charge in [0, 0.05) is 12.1 Å². The Bertz CT molecular complexity index is 1790. The maximum Gasteiger partial charge on any atom is 0.433 e. The van der Waals surface area contributed by atoms with Gasteiger partial charge in [0.15, 0.2) is 27.5 Å². The number of furan rings is 1. The maximum atomic E-state index is 13.9. The van der Waals surface area contributed by atoms with Crippen LogP contribution in [0.5, 0.6) is 11.5 Å². The number of carbonyl (C=O) groups is 1. The molecule has 1 amide bonds. The van der Waals surface area contributed by atoms with Crippen molar-refractivity contribution < 1.29 is 36.4 Å². The number of amides is 1. The second-order valence-corrected chi connectivity index (χ2v) is 9.58. The van der Waals surface area contributed by atoms with Gasteiger partial charge in [-0.15, -0.1) is 0 Å². The maximum absolute atomic E-state index is 13.9. The van der Waals surface area contributed by atoms with Crippen molar-refractivity contribution in [1.82, 2.24) is 14.6 Å². The molecule has 0 saturated carbocycles. The lowest BCUT2D eigenvalue weighted by Gasteiger charge is -2.10. The van der Waals surface area contributed by atoms with Crippen LogP contribution < -0.4 is 10.1 Å². The summed E-state index contributed by atoms with van der Waals surface area (Å²) in [6.07, 6.45) is -4.88. The number of nitro benzene ring substituents is 1. The van der Waals surface area contributed by atoms with Gasteiger partial charge in [0.25, 0.3) is 11.6 Å². The standard InChI is InChI=1S/C24H11Br2F4N5O5/c25-19-6-5-17(40-19)16-10-18(24(28,29)30)34-22(32-16)20(26)21(33-34)23(36)31-12-7-13(35(37)38)9-15(8-12)39-14-3-1-11(27)2-4-14/h1-10H,(H,31,36). The van der Waals surface area contributed by atoms with Crippen LogP contribution >= 0.6 is 31.9 Å². The minimum Gasteiger partial charge on any atom is -0.457 e. The summed E-state index contributed by atoms with van der Waals surface area (Å²) in [6, 6.07) is 11.8. The van der Waals surface area contributed by atoms with Crippen LogP contribution in [0.1, 0.15) is 16.2 Å². The quantitative estimate of drug-likeness (QED) is 0.111. The lowest BCUT2D eigenvalue weighted by atomic mass is 10.2. The fourth-order valence-electron chi connectivity index (χ4n) is 3.57. The number of non-ortho nitro benzene ring substituents is 1. The molecule has 0 aliphatic rings. The number of nitro groups is 1. The van der Waals surface area contributed by atoms with E-state index in [0.29, 0.717) is 4.52 Å². The zero-order valence-electron chi connectivity index (χ0n) is 19.4. The highest BCUT2D eigenvalue weighted by molar-refractivity contribution is 9.10. The molecule has 0 spiro atoms. The molecule has 204 valence electrons. The number of fused-ring (bicyclic) bond motifs is 1. The first-order valence-corrected chi connectivity index (χ1v) is 12.4. The molecule has 0 radical (unpaired) electrons. The Kier molecular flexibility index (Phi) is 7.05. The van der Waals surface area contributed by atoms with Crippen LogP contribution in [0.2, 0.25) is 0 Å². The van der Waals surface area contributed by atoms with Gasteiger partial charge in [-0.2, -0.15) is 18.3 Å². The minimum atomic E-state index is -4.88. The van der Waals surface area contributed by atoms with Gasteiger partial charge in [0.1, 0.15) is 23.0 Å². The summed E-state index contributed by atoms with van der Waals surface area (Å²) in [5.74, 6) is -1.40. The van der Waals surface area contributed by atoms with E-state index >= 15 is 0 Å². The van der Waals surface area contributed by atoms with Crippen molar-refractivity contribution in [3.05, 3.63) is 97.1 Å². The molecule has 5 aromatic rings. The summed E-state index contributed by atoms with van der Waals surface area (Å²) in [7, 11) is 0. The third-order valence-electron chi connectivity index (χ3n) is 5.27. The topological polar surface area (TPSA) is 125 Å². The van der Waals surface area contributed by atoms with Crippen LogP contribution in [-0.2, 0) is 6.18 Å².